The van der Waals surface area contributed by atoms with Crippen LogP contribution in [0.15, 0.2) is 5.11 Å². The number of amides is 1. The van der Waals surface area contributed by atoms with Crippen LogP contribution < -0.4 is 5.32 Å². The van der Waals surface area contributed by atoms with Crippen LogP contribution in [0.2, 0.25) is 0 Å². The Bertz CT molecular complexity index is 276. The Balaban J connectivity index is 2.04. The summed E-state index contributed by atoms with van der Waals surface area (Å²) in [5, 5.41) is 6.24. The van der Waals surface area contributed by atoms with Crippen LogP contribution in [-0.2, 0) is 9.53 Å². The van der Waals surface area contributed by atoms with Gasteiger partial charge in [-0.3, -0.25) is 4.79 Å². The molecule has 0 bridgehead atoms. The highest BCUT2D eigenvalue weighted by atomic mass is 16.5. The zero-order valence-corrected chi connectivity index (χ0v) is 9.56. The number of azide groups is 1. The van der Waals surface area contributed by atoms with Gasteiger partial charge in [-0.2, -0.15) is 0 Å². The first kappa shape index (κ1) is 12.8. The maximum atomic E-state index is 11.6. The molecule has 1 saturated heterocycles. The predicted molar refractivity (Wildman–Crippen MR) is 59.8 cm³/mol. The van der Waals surface area contributed by atoms with Crippen molar-refractivity contribution in [3.63, 3.8) is 0 Å². The number of nitrogens with one attached hydrogen (secondary N) is 1. The van der Waals surface area contributed by atoms with Gasteiger partial charge in [-0.05, 0) is 38.1 Å². The van der Waals surface area contributed by atoms with Gasteiger partial charge in [-0.15, -0.1) is 0 Å². The number of hydrogen-bond donors (Lipinski definition) is 1. The van der Waals surface area contributed by atoms with E-state index in [0.717, 1.165) is 25.7 Å². The lowest BCUT2D eigenvalue weighted by molar-refractivity contribution is -0.131. The summed E-state index contributed by atoms with van der Waals surface area (Å²) in [6, 6.07) is 0. The molecule has 2 unspecified atom stereocenters. The van der Waals surface area contributed by atoms with Gasteiger partial charge in [0.15, 0.2) is 0 Å². The fraction of sp³-hybridized carbons (Fsp3) is 0.900. The van der Waals surface area contributed by atoms with E-state index in [4.69, 9.17) is 10.3 Å². The summed E-state index contributed by atoms with van der Waals surface area (Å²) < 4.78 is 5.44. The molecule has 1 fully saturated rings. The highest BCUT2D eigenvalue weighted by Crippen LogP contribution is 2.18. The molecule has 0 aromatic carbocycles. The Morgan fingerprint density at radius 3 is 3.00 bits per heavy atom. The Hall–Kier alpha value is -1.26. The van der Waals surface area contributed by atoms with Crippen LogP contribution in [-0.4, -0.2) is 31.2 Å². The Morgan fingerprint density at radius 2 is 2.38 bits per heavy atom. The lowest BCUT2D eigenvalue weighted by Gasteiger charge is -2.11. The van der Waals surface area contributed by atoms with E-state index in [-0.39, 0.29) is 18.1 Å². The van der Waals surface area contributed by atoms with Gasteiger partial charge in [0.1, 0.15) is 6.10 Å². The predicted octanol–water partition coefficient (Wildman–Crippen LogP) is 1.76. The van der Waals surface area contributed by atoms with Crippen molar-refractivity contribution in [2.75, 3.05) is 13.1 Å². The van der Waals surface area contributed by atoms with E-state index in [2.05, 4.69) is 15.3 Å². The standard InChI is InChI=1S/C10H18N4O2/c1-8-4-5-9(16-8)10(15)12-6-2-3-7-13-14-11/h8-9H,2-7H2,1H3,(H,12,15). The summed E-state index contributed by atoms with van der Waals surface area (Å²) in [5.41, 5.74) is 8.05. The van der Waals surface area contributed by atoms with Gasteiger partial charge in [0.2, 0.25) is 5.91 Å². The van der Waals surface area contributed by atoms with Crippen molar-refractivity contribution in [1.82, 2.24) is 5.32 Å². The number of hydrogen-bond acceptors (Lipinski definition) is 3. The molecule has 1 aliphatic heterocycles. The summed E-state index contributed by atoms with van der Waals surface area (Å²) in [4.78, 5) is 14.2. The molecule has 6 heteroatoms. The van der Waals surface area contributed by atoms with Crippen LogP contribution >= 0.6 is 0 Å². The van der Waals surface area contributed by atoms with Gasteiger partial charge in [0.25, 0.3) is 0 Å². The van der Waals surface area contributed by atoms with Crippen LogP contribution in [0.1, 0.15) is 32.6 Å². The number of nitrogens with zero attached hydrogens (tertiary/aromatic N) is 3. The fourth-order valence-electron chi connectivity index (χ4n) is 1.67. The van der Waals surface area contributed by atoms with Gasteiger partial charge in [0.05, 0.1) is 6.10 Å². The maximum absolute atomic E-state index is 11.6. The summed E-state index contributed by atoms with van der Waals surface area (Å²) in [7, 11) is 0. The number of rotatable bonds is 6. The molecule has 1 amide bonds. The normalized spacial score (nSPS) is 23.8. The summed E-state index contributed by atoms with van der Waals surface area (Å²) in [6.45, 7) is 3.09. The van der Waals surface area contributed by atoms with Crippen molar-refractivity contribution in [3.05, 3.63) is 10.4 Å². The van der Waals surface area contributed by atoms with Crippen molar-refractivity contribution in [3.8, 4) is 0 Å². The summed E-state index contributed by atoms with van der Waals surface area (Å²) in [5.74, 6) is -0.0202. The minimum atomic E-state index is -0.271. The molecule has 1 aliphatic rings. The highest BCUT2D eigenvalue weighted by Gasteiger charge is 2.27. The van der Waals surface area contributed by atoms with E-state index in [9.17, 15) is 4.79 Å². The van der Waals surface area contributed by atoms with Gasteiger partial charge < -0.3 is 10.1 Å². The molecular formula is C10H18N4O2. The van der Waals surface area contributed by atoms with Crippen molar-refractivity contribution in [2.24, 2.45) is 5.11 Å². The molecule has 90 valence electrons. The summed E-state index contributed by atoms with van der Waals surface area (Å²) >= 11 is 0. The van der Waals surface area contributed by atoms with Gasteiger partial charge in [-0.1, -0.05) is 5.11 Å². The maximum Gasteiger partial charge on any atom is 0.249 e. The zero-order chi connectivity index (χ0) is 11.8. The van der Waals surface area contributed by atoms with E-state index < -0.39 is 0 Å². The lowest BCUT2D eigenvalue weighted by atomic mass is 10.2. The fourth-order valence-corrected chi connectivity index (χ4v) is 1.67. The monoisotopic (exact) mass is 226 g/mol. The molecule has 0 aliphatic carbocycles. The third-order valence-electron chi connectivity index (χ3n) is 2.57. The SMILES string of the molecule is CC1CCC(C(=O)NCCCCN=[N+]=[N-])O1. The van der Waals surface area contributed by atoms with E-state index >= 15 is 0 Å². The number of ether oxygens (including phenoxy) is 1. The van der Waals surface area contributed by atoms with Crippen LogP contribution in [0.5, 0.6) is 0 Å². The highest BCUT2D eigenvalue weighted by molar-refractivity contribution is 5.80. The first-order valence-electron chi connectivity index (χ1n) is 5.68. The molecule has 1 heterocycles. The number of carbonyl (C=O) groups excluding carboxylic acids is 1. The van der Waals surface area contributed by atoms with Crippen molar-refractivity contribution in [1.29, 1.82) is 0 Å². The molecule has 0 aromatic heterocycles. The third kappa shape index (κ3) is 4.51. The van der Waals surface area contributed by atoms with Crippen molar-refractivity contribution >= 4 is 5.91 Å². The second-order valence-electron chi connectivity index (χ2n) is 3.97. The molecule has 6 nitrogen and oxygen atoms in total. The van der Waals surface area contributed by atoms with Gasteiger partial charge >= 0.3 is 0 Å². The van der Waals surface area contributed by atoms with E-state index in [0.29, 0.717) is 13.1 Å². The molecule has 0 saturated carbocycles. The second kappa shape index (κ2) is 7.09. The molecule has 0 aromatic rings. The second-order valence-corrected chi connectivity index (χ2v) is 3.97. The number of carbonyl (C=O) groups is 1. The molecule has 1 N–H and O–H groups in total. The Labute approximate surface area is 95.0 Å². The van der Waals surface area contributed by atoms with Crippen molar-refractivity contribution < 1.29 is 9.53 Å². The average molecular weight is 226 g/mol. The van der Waals surface area contributed by atoms with Gasteiger partial charge in [0, 0.05) is 18.0 Å². The molecule has 2 atom stereocenters. The third-order valence-corrected chi connectivity index (χ3v) is 2.57. The first-order valence-corrected chi connectivity index (χ1v) is 5.68. The molecule has 16 heavy (non-hydrogen) atoms. The molecule has 0 radical (unpaired) electrons. The van der Waals surface area contributed by atoms with Crippen LogP contribution in [0.25, 0.3) is 10.4 Å². The van der Waals surface area contributed by atoms with Crippen molar-refractivity contribution in [2.45, 2.75) is 44.8 Å². The lowest BCUT2D eigenvalue weighted by Crippen LogP contribution is -2.35. The Kier molecular flexibility index (Phi) is 5.67. The smallest absolute Gasteiger partial charge is 0.249 e. The van der Waals surface area contributed by atoms with Gasteiger partial charge in [-0.25, -0.2) is 0 Å². The number of unbranched alkanes of at least 4 members (excludes halogenated alkanes) is 1. The average Bonchev–Trinajstić information content (AvgIpc) is 2.70. The van der Waals surface area contributed by atoms with E-state index in [1.165, 1.54) is 0 Å². The van der Waals surface area contributed by atoms with E-state index in [1.807, 2.05) is 6.92 Å². The van der Waals surface area contributed by atoms with Crippen LogP contribution in [0.3, 0.4) is 0 Å². The quantitative estimate of drug-likeness (QED) is 0.324. The minimum absolute atomic E-state index is 0.0202. The first-order chi connectivity index (χ1) is 7.74. The van der Waals surface area contributed by atoms with Crippen LogP contribution in [0.4, 0.5) is 0 Å². The molecular weight excluding hydrogens is 208 g/mol. The minimum Gasteiger partial charge on any atom is -0.365 e. The molecule has 1 rings (SSSR count). The zero-order valence-electron chi connectivity index (χ0n) is 9.56. The Morgan fingerprint density at radius 1 is 1.56 bits per heavy atom. The summed E-state index contributed by atoms with van der Waals surface area (Å²) in [6.07, 6.45) is 3.31. The molecule has 0 spiro atoms. The topological polar surface area (TPSA) is 87.1 Å². The van der Waals surface area contributed by atoms with Crippen LogP contribution in [0, 0.1) is 0 Å². The van der Waals surface area contributed by atoms with E-state index in [1.54, 1.807) is 0 Å². The largest absolute Gasteiger partial charge is 0.365 e.